The van der Waals surface area contributed by atoms with Gasteiger partial charge in [0.15, 0.2) is 0 Å². The summed E-state index contributed by atoms with van der Waals surface area (Å²) in [5.41, 5.74) is 1.91. The van der Waals surface area contributed by atoms with Crippen molar-refractivity contribution in [1.82, 2.24) is 14.7 Å². The summed E-state index contributed by atoms with van der Waals surface area (Å²) in [6.07, 6.45) is 3.45. The van der Waals surface area contributed by atoms with Crippen LogP contribution in [0.4, 0.5) is 5.69 Å². The van der Waals surface area contributed by atoms with E-state index < -0.39 is 0 Å². The number of nitrogens with zero attached hydrogens (tertiary/aromatic N) is 3. The molecule has 0 aliphatic carbocycles. The first-order chi connectivity index (χ1) is 13.7. The highest BCUT2D eigenvalue weighted by Gasteiger charge is 2.25. The van der Waals surface area contributed by atoms with Gasteiger partial charge in [0.25, 0.3) is 0 Å². The van der Waals surface area contributed by atoms with Gasteiger partial charge in [0.2, 0.25) is 5.91 Å². The third-order valence-corrected chi connectivity index (χ3v) is 5.21. The first-order valence-corrected chi connectivity index (χ1v) is 9.91. The number of likely N-dealkylation sites (tertiary alicyclic amines) is 1. The minimum absolute atomic E-state index is 0.0140. The van der Waals surface area contributed by atoms with E-state index in [-0.39, 0.29) is 5.91 Å². The third-order valence-electron chi connectivity index (χ3n) is 5.21. The molecule has 146 valence electrons. The molecule has 6 nitrogen and oxygen atoms in total. The van der Waals surface area contributed by atoms with Crippen LogP contribution in [0.2, 0.25) is 0 Å². The molecule has 2 aromatic carbocycles. The zero-order chi connectivity index (χ0) is 19.3. The summed E-state index contributed by atoms with van der Waals surface area (Å²) in [6, 6.07) is 16.2. The maximum Gasteiger partial charge on any atom is 0.225 e. The molecular weight excluding hydrogens is 352 g/mol. The first-order valence-electron chi connectivity index (χ1n) is 9.91. The van der Waals surface area contributed by atoms with Gasteiger partial charge in [-0.25, -0.2) is 0 Å². The number of fused-ring (bicyclic) bond motifs is 1. The maximum absolute atomic E-state index is 12.4. The molecule has 4 rings (SSSR count). The van der Waals surface area contributed by atoms with E-state index in [4.69, 9.17) is 4.74 Å². The molecular formula is C22H26N4O2. The van der Waals surface area contributed by atoms with Crippen LogP contribution in [0.3, 0.4) is 0 Å². The molecule has 1 aliphatic rings. The minimum Gasteiger partial charge on any atom is -0.492 e. The van der Waals surface area contributed by atoms with E-state index in [0.29, 0.717) is 24.8 Å². The summed E-state index contributed by atoms with van der Waals surface area (Å²) in [5.74, 6) is 0.727. The Hall–Kier alpha value is -2.86. The molecule has 0 bridgehead atoms. The quantitative estimate of drug-likeness (QED) is 0.681. The fourth-order valence-electron chi connectivity index (χ4n) is 3.82. The number of hydrogen-bond acceptors (Lipinski definition) is 4. The molecule has 1 fully saturated rings. The highest BCUT2D eigenvalue weighted by molar-refractivity contribution is 5.92. The van der Waals surface area contributed by atoms with Crippen molar-refractivity contribution in [2.24, 2.45) is 0 Å². The Balaban J connectivity index is 1.31. The molecule has 1 atom stereocenters. The molecule has 1 aromatic heterocycles. The van der Waals surface area contributed by atoms with Crippen molar-refractivity contribution in [3.8, 4) is 5.75 Å². The van der Waals surface area contributed by atoms with Gasteiger partial charge in [0, 0.05) is 31.4 Å². The predicted octanol–water partition coefficient (Wildman–Crippen LogP) is 3.71. The van der Waals surface area contributed by atoms with Crippen molar-refractivity contribution in [3.05, 3.63) is 54.7 Å². The van der Waals surface area contributed by atoms with Crippen LogP contribution in [0, 0.1) is 0 Å². The van der Waals surface area contributed by atoms with Crippen molar-refractivity contribution >= 4 is 22.5 Å². The van der Waals surface area contributed by atoms with Crippen molar-refractivity contribution in [1.29, 1.82) is 0 Å². The van der Waals surface area contributed by atoms with E-state index in [1.54, 1.807) is 0 Å². The number of amides is 1. The largest absolute Gasteiger partial charge is 0.492 e. The van der Waals surface area contributed by atoms with E-state index in [2.05, 4.69) is 38.2 Å². The van der Waals surface area contributed by atoms with Gasteiger partial charge in [-0.3, -0.25) is 9.48 Å². The van der Waals surface area contributed by atoms with Crippen LogP contribution < -0.4 is 10.1 Å². The molecule has 3 aromatic rings. The number of ether oxygens (including phenoxy) is 1. The Bertz CT molecular complexity index is 952. The Morgan fingerprint density at radius 2 is 2.04 bits per heavy atom. The minimum atomic E-state index is 0.0140. The third kappa shape index (κ3) is 4.02. The zero-order valence-electron chi connectivity index (χ0n) is 16.2. The van der Waals surface area contributed by atoms with E-state index in [1.807, 2.05) is 43.5 Å². The molecule has 1 saturated heterocycles. The van der Waals surface area contributed by atoms with Gasteiger partial charge in [-0.2, -0.15) is 5.10 Å². The van der Waals surface area contributed by atoms with Gasteiger partial charge in [-0.1, -0.05) is 30.3 Å². The standard InChI is InChI=1S/C22H26N4O2/c1-2-28-21-10-6-4-8-19(21)24-22(27)12-14-25-13-11-18(16-25)26-20-9-5-3-7-17(20)15-23-26/h3-10,15,18H,2,11-14,16H2,1H3,(H,24,27)/t18-/m0/s1. The molecule has 1 amide bonds. The summed E-state index contributed by atoms with van der Waals surface area (Å²) >= 11 is 0. The summed E-state index contributed by atoms with van der Waals surface area (Å²) in [4.78, 5) is 14.7. The smallest absolute Gasteiger partial charge is 0.225 e. The first kappa shape index (κ1) is 18.5. The second-order valence-corrected chi connectivity index (χ2v) is 7.12. The van der Waals surface area contributed by atoms with Crippen molar-refractivity contribution in [2.45, 2.75) is 25.8 Å². The van der Waals surface area contributed by atoms with E-state index in [1.165, 1.54) is 10.9 Å². The Labute approximate surface area is 165 Å². The molecule has 2 heterocycles. The number of carbonyl (C=O) groups is 1. The number of carbonyl (C=O) groups excluding carboxylic acids is 1. The second kappa shape index (κ2) is 8.44. The number of benzene rings is 2. The summed E-state index contributed by atoms with van der Waals surface area (Å²) in [6.45, 7) is 5.17. The summed E-state index contributed by atoms with van der Waals surface area (Å²) < 4.78 is 7.70. The number of nitrogens with one attached hydrogen (secondary N) is 1. The fraction of sp³-hybridized carbons (Fsp3) is 0.364. The lowest BCUT2D eigenvalue weighted by molar-refractivity contribution is -0.116. The molecule has 1 N–H and O–H groups in total. The number of para-hydroxylation sites is 3. The van der Waals surface area contributed by atoms with Crippen LogP contribution >= 0.6 is 0 Å². The highest BCUT2D eigenvalue weighted by Crippen LogP contribution is 2.26. The van der Waals surface area contributed by atoms with Crippen LogP contribution in [0.15, 0.2) is 54.7 Å². The van der Waals surface area contributed by atoms with Crippen LogP contribution in [0.5, 0.6) is 5.75 Å². The lowest BCUT2D eigenvalue weighted by Crippen LogP contribution is -2.26. The van der Waals surface area contributed by atoms with E-state index in [0.717, 1.165) is 31.7 Å². The monoisotopic (exact) mass is 378 g/mol. The fourth-order valence-corrected chi connectivity index (χ4v) is 3.82. The van der Waals surface area contributed by atoms with Crippen LogP contribution in [-0.2, 0) is 4.79 Å². The lowest BCUT2D eigenvalue weighted by Gasteiger charge is -2.17. The Morgan fingerprint density at radius 3 is 2.93 bits per heavy atom. The summed E-state index contributed by atoms with van der Waals surface area (Å²) in [5, 5.41) is 8.74. The van der Waals surface area contributed by atoms with Gasteiger partial charge in [0.05, 0.1) is 30.0 Å². The van der Waals surface area contributed by atoms with Crippen molar-refractivity contribution < 1.29 is 9.53 Å². The molecule has 28 heavy (non-hydrogen) atoms. The van der Waals surface area contributed by atoms with Crippen molar-refractivity contribution in [3.63, 3.8) is 0 Å². The van der Waals surface area contributed by atoms with Gasteiger partial charge in [-0.15, -0.1) is 0 Å². The molecule has 6 heteroatoms. The van der Waals surface area contributed by atoms with Crippen LogP contribution in [0.25, 0.3) is 10.9 Å². The molecule has 0 saturated carbocycles. The zero-order valence-corrected chi connectivity index (χ0v) is 16.2. The second-order valence-electron chi connectivity index (χ2n) is 7.12. The Morgan fingerprint density at radius 1 is 1.21 bits per heavy atom. The van der Waals surface area contributed by atoms with Gasteiger partial charge < -0.3 is 15.0 Å². The van der Waals surface area contributed by atoms with Gasteiger partial charge >= 0.3 is 0 Å². The van der Waals surface area contributed by atoms with Crippen molar-refractivity contribution in [2.75, 3.05) is 31.6 Å². The Kier molecular flexibility index (Phi) is 5.58. The normalized spacial score (nSPS) is 17.1. The molecule has 0 spiro atoms. The van der Waals surface area contributed by atoms with E-state index >= 15 is 0 Å². The SMILES string of the molecule is CCOc1ccccc1NC(=O)CCN1CC[C@H](n2ncc3ccccc32)C1. The predicted molar refractivity (Wildman–Crippen MR) is 111 cm³/mol. The number of aromatic nitrogens is 2. The topological polar surface area (TPSA) is 59.4 Å². The van der Waals surface area contributed by atoms with E-state index in [9.17, 15) is 4.79 Å². The number of rotatable bonds is 7. The van der Waals surface area contributed by atoms with Gasteiger partial charge in [0.1, 0.15) is 5.75 Å². The van der Waals surface area contributed by atoms with Crippen LogP contribution in [0.1, 0.15) is 25.8 Å². The number of anilines is 1. The average Bonchev–Trinajstić information content (AvgIpc) is 3.35. The molecule has 0 unspecified atom stereocenters. The summed E-state index contributed by atoms with van der Waals surface area (Å²) in [7, 11) is 0. The average molecular weight is 378 g/mol. The van der Waals surface area contributed by atoms with Gasteiger partial charge in [-0.05, 0) is 31.5 Å². The highest BCUT2D eigenvalue weighted by atomic mass is 16.5. The molecule has 0 radical (unpaired) electrons. The molecule has 1 aliphatic heterocycles. The van der Waals surface area contributed by atoms with Crippen LogP contribution in [-0.4, -0.2) is 46.8 Å². The maximum atomic E-state index is 12.4. The lowest BCUT2D eigenvalue weighted by atomic mass is 10.2. The number of hydrogen-bond donors (Lipinski definition) is 1.